The molecule has 5 nitrogen and oxygen atoms in total. The maximum atomic E-state index is 6.37. The molecule has 7 aromatic carbocycles. The number of rotatable bonds is 5. The zero-order valence-corrected chi connectivity index (χ0v) is 25.7. The van der Waals surface area contributed by atoms with E-state index in [9.17, 15) is 0 Å². The fourth-order valence-corrected chi connectivity index (χ4v) is 7.01. The molecule has 5 heteroatoms. The minimum atomic E-state index is 0.599. The van der Waals surface area contributed by atoms with E-state index in [1.807, 2.05) is 36.4 Å². The van der Waals surface area contributed by atoms with Crippen LogP contribution < -0.4 is 4.90 Å². The van der Waals surface area contributed by atoms with Crippen molar-refractivity contribution in [1.29, 1.82) is 0 Å². The van der Waals surface area contributed by atoms with E-state index in [0.717, 1.165) is 66.9 Å². The van der Waals surface area contributed by atoms with E-state index < -0.39 is 0 Å². The molecule has 0 N–H and O–H groups in total. The van der Waals surface area contributed by atoms with Crippen molar-refractivity contribution in [2.24, 2.45) is 0 Å². The zero-order chi connectivity index (χ0) is 31.6. The predicted octanol–water partition coefficient (Wildman–Crippen LogP) is 12.0. The highest BCUT2D eigenvalue weighted by molar-refractivity contribution is 6.12. The summed E-state index contributed by atoms with van der Waals surface area (Å²) in [6, 6.07) is 56.9. The number of furan rings is 1. The van der Waals surface area contributed by atoms with Gasteiger partial charge in [0.25, 0.3) is 0 Å². The fourth-order valence-electron chi connectivity index (χ4n) is 7.01. The summed E-state index contributed by atoms with van der Waals surface area (Å²) >= 11 is 0. The van der Waals surface area contributed by atoms with Crippen molar-refractivity contribution in [3.05, 3.63) is 164 Å². The number of hydrogen-bond acceptors (Lipinski definition) is 4. The van der Waals surface area contributed by atoms with Crippen LogP contribution in [0.25, 0.3) is 72.0 Å². The van der Waals surface area contributed by atoms with E-state index in [0.29, 0.717) is 5.89 Å². The highest BCUT2D eigenvalue weighted by Crippen LogP contribution is 2.42. The molecule has 0 aliphatic carbocycles. The Morgan fingerprint density at radius 1 is 0.438 bits per heavy atom. The van der Waals surface area contributed by atoms with Crippen LogP contribution in [0.15, 0.2) is 173 Å². The molecule has 0 spiro atoms. The van der Waals surface area contributed by atoms with Crippen LogP contribution in [-0.2, 0) is 0 Å². The van der Waals surface area contributed by atoms with Gasteiger partial charge in [-0.1, -0.05) is 78.9 Å². The second-order valence-electron chi connectivity index (χ2n) is 12.0. The Bertz CT molecular complexity index is 2780. The SMILES string of the molecule is c1ccc(-c2nc3cc4oc5ccc(N(c6ccccc6)c6ccc7c8ccccc8n(-c8ccccc8)c7c6)cc5c4cc3o2)cc1. The molecular formula is C43H27N3O2. The standard InChI is InChI=1S/C43H27N3O2/c1-4-12-28(13-5-1)43-44-37-27-41-36(26-42(37)48-43)35-24-31(21-23-40(35)47-41)45(29-14-6-2-7-15-29)32-20-22-34-33-18-10-11-19-38(33)46(39(34)25-32)30-16-8-3-9-17-30/h1-27H. The van der Waals surface area contributed by atoms with Crippen LogP contribution in [0.3, 0.4) is 0 Å². The summed E-state index contributed by atoms with van der Waals surface area (Å²) in [5.41, 5.74) is 10.7. The van der Waals surface area contributed by atoms with E-state index >= 15 is 0 Å². The Morgan fingerprint density at radius 2 is 1.10 bits per heavy atom. The number of nitrogens with zero attached hydrogens (tertiary/aromatic N) is 3. The highest BCUT2D eigenvalue weighted by atomic mass is 16.4. The first kappa shape index (κ1) is 26.6. The molecule has 0 atom stereocenters. The minimum Gasteiger partial charge on any atom is -0.456 e. The third-order valence-electron chi connectivity index (χ3n) is 9.19. The summed E-state index contributed by atoms with van der Waals surface area (Å²) in [5.74, 6) is 0.599. The molecule has 0 saturated carbocycles. The summed E-state index contributed by atoms with van der Waals surface area (Å²) in [6.45, 7) is 0. The molecule has 0 aliphatic rings. The van der Waals surface area contributed by atoms with Crippen LogP contribution in [0.5, 0.6) is 0 Å². The molecule has 0 radical (unpaired) electrons. The molecule has 10 aromatic rings. The molecule has 0 unspecified atom stereocenters. The van der Waals surface area contributed by atoms with E-state index in [2.05, 4.69) is 137 Å². The van der Waals surface area contributed by atoms with Gasteiger partial charge in [0.2, 0.25) is 5.89 Å². The number of benzene rings is 7. The Balaban J connectivity index is 1.17. The molecule has 3 heterocycles. The molecule has 48 heavy (non-hydrogen) atoms. The molecular weight excluding hydrogens is 590 g/mol. The Morgan fingerprint density at radius 3 is 1.94 bits per heavy atom. The van der Waals surface area contributed by atoms with Gasteiger partial charge in [-0.05, 0) is 78.9 Å². The third kappa shape index (κ3) is 4.15. The van der Waals surface area contributed by atoms with E-state index in [4.69, 9.17) is 13.8 Å². The predicted molar refractivity (Wildman–Crippen MR) is 196 cm³/mol. The van der Waals surface area contributed by atoms with Crippen LogP contribution in [0.1, 0.15) is 0 Å². The lowest BCUT2D eigenvalue weighted by Gasteiger charge is -2.26. The molecule has 3 aromatic heterocycles. The first-order valence-electron chi connectivity index (χ1n) is 16.0. The van der Waals surface area contributed by atoms with Gasteiger partial charge in [0.15, 0.2) is 5.58 Å². The second kappa shape index (κ2) is 10.5. The van der Waals surface area contributed by atoms with Gasteiger partial charge in [-0.15, -0.1) is 0 Å². The van der Waals surface area contributed by atoms with Crippen molar-refractivity contribution in [2.45, 2.75) is 0 Å². The third-order valence-corrected chi connectivity index (χ3v) is 9.19. The normalized spacial score (nSPS) is 11.8. The van der Waals surface area contributed by atoms with E-state index in [-0.39, 0.29) is 0 Å². The van der Waals surface area contributed by atoms with E-state index in [1.165, 1.54) is 16.3 Å². The summed E-state index contributed by atoms with van der Waals surface area (Å²) in [5, 5.41) is 4.45. The Labute approximate surface area is 275 Å². The van der Waals surface area contributed by atoms with Crippen LogP contribution in [0, 0.1) is 0 Å². The highest BCUT2D eigenvalue weighted by Gasteiger charge is 2.19. The molecule has 226 valence electrons. The Hall–Kier alpha value is -6.59. The summed E-state index contributed by atoms with van der Waals surface area (Å²) < 4.78 is 15.0. The van der Waals surface area contributed by atoms with Crippen molar-refractivity contribution in [1.82, 2.24) is 9.55 Å². The lowest BCUT2D eigenvalue weighted by Crippen LogP contribution is -2.10. The second-order valence-corrected chi connectivity index (χ2v) is 12.0. The Kier molecular flexibility index (Phi) is 5.81. The maximum absolute atomic E-state index is 6.37. The first-order chi connectivity index (χ1) is 23.8. The van der Waals surface area contributed by atoms with Crippen LogP contribution in [0.2, 0.25) is 0 Å². The average Bonchev–Trinajstić information content (AvgIpc) is 3.83. The molecule has 0 fully saturated rings. The van der Waals surface area contributed by atoms with Gasteiger partial charge in [-0.25, -0.2) is 4.98 Å². The van der Waals surface area contributed by atoms with Gasteiger partial charge >= 0.3 is 0 Å². The van der Waals surface area contributed by atoms with Gasteiger partial charge in [0.1, 0.15) is 16.7 Å². The summed E-state index contributed by atoms with van der Waals surface area (Å²) in [4.78, 5) is 7.07. The smallest absolute Gasteiger partial charge is 0.227 e. The van der Waals surface area contributed by atoms with Gasteiger partial charge < -0.3 is 18.3 Å². The van der Waals surface area contributed by atoms with Crippen molar-refractivity contribution in [3.8, 4) is 17.1 Å². The van der Waals surface area contributed by atoms with Crippen molar-refractivity contribution < 1.29 is 8.83 Å². The number of anilines is 3. The van der Waals surface area contributed by atoms with Crippen LogP contribution in [-0.4, -0.2) is 9.55 Å². The monoisotopic (exact) mass is 617 g/mol. The van der Waals surface area contributed by atoms with E-state index in [1.54, 1.807) is 0 Å². The van der Waals surface area contributed by atoms with Gasteiger partial charge in [-0.2, -0.15) is 0 Å². The molecule has 0 aliphatic heterocycles. The van der Waals surface area contributed by atoms with Crippen molar-refractivity contribution in [3.63, 3.8) is 0 Å². The lowest BCUT2D eigenvalue weighted by atomic mass is 10.1. The average molecular weight is 618 g/mol. The first-order valence-corrected chi connectivity index (χ1v) is 16.0. The number of para-hydroxylation sites is 3. The van der Waals surface area contributed by atoms with Gasteiger partial charge in [0.05, 0.1) is 11.0 Å². The number of hydrogen-bond donors (Lipinski definition) is 0. The largest absolute Gasteiger partial charge is 0.456 e. The minimum absolute atomic E-state index is 0.599. The molecule has 10 rings (SSSR count). The summed E-state index contributed by atoms with van der Waals surface area (Å²) in [6.07, 6.45) is 0. The van der Waals surface area contributed by atoms with Crippen LogP contribution in [0.4, 0.5) is 17.1 Å². The maximum Gasteiger partial charge on any atom is 0.227 e. The van der Waals surface area contributed by atoms with Crippen molar-refractivity contribution in [2.75, 3.05) is 4.90 Å². The van der Waals surface area contributed by atoms with Gasteiger partial charge in [-0.3, -0.25) is 0 Å². The van der Waals surface area contributed by atoms with Crippen LogP contribution >= 0.6 is 0 Å². The molecule has 0 bridgehead atoms. The fraction of sp³-hybridized carbons (Fsp3) is 0. The summed E-state index contributed by atoms with van der Waals surface area (Å²) in [7, 11) is 0. The topological polar surface area (TPSA) is 47.3 Å². The van der Waals surface area contributed by atoms with Crippen molar-refractivity contribution >= 4 is 71.9 Å². The number of fused-ring (bicyclic) bond motifs is 7. The van der Waals surface area contributed by atoms with Gasteiger partial charge in [0, 0.05) is 55.9 Å². The lowest BCUT2D eigenvalue weighted by molar-refractivity contribution is 0.620. The zero-order valence-electron chi connectivity index (χ0n) is 25.7. The molecule has 0 saturated heterocycles. The number of oxazole rings is 1. The molecule has 0 amide bonds. The number of aromatic nitrogens is 2. The quantitative estimate of drug-likeness (QED) is 0.193.